The minimum Gasteiger partial charge on any atom is -0.458 e. The minimum absolute atomic E-state index is 0.197. The second kappa shape index (κ2) is 18.3. The summed E-state index contributed by atoms with van der Waals surface area (Å²) in [4.78, 5) is 56.3. The number of carbonyl (C=O) groups excluding carboxylic acids is 4. The molecule has 47 heavy (non-hydrogen) atoms. The van der Waals surface area contributed by atoms with Gasteiger partial charge in [-0.05, 0) is 77.6 Å². The Morgan fingerprint density at radius 1 is 0.851 bits per heavy atom. The van der Waals surface area contributed by atoms with Gasteiger partial charge in [0.05, 0.1) is 0 Å². The van der Waals surface area contributed by atoms with Crippen molar-refractivity contribution in [3.63, 3.8) is 0 Å². The van der Waals surface area contributed by atoms with Crippen molar-refractivity contribution in [1.29, 1.82) is 0 Å². The Hall–Kier alpha value is -4.14. The summed E-state index contributed by atoms with van der Waals surface area (Å²) in [7, 11) is 0. The van der Waals surface area contributed by atoms with Crippen LogP contribution in [0.4, 0.5) is 4.79 Å². The quantitative estimate of drug-likeness (QED) is 0.147. The molecule has 3 atom stereocenters. The van der Waals surface area contributed by atoms with Crippen LogP contribution in [0.2, 0.25) is 0 Å². The zero-order chi connectivity index (χ0) is 35.2. The van der Waals surface area contributed by atoms with Gasteiger partial charge in [0.1, 0.15) is 29.3 Å². The fraction of sp³-hybridized carbons (Fsp3) is 0.526. The summed E-state index contributed by atoms with van der Waals surface area (Å²) in [6, 6.07) is 13.5. The Balaban J connectivity index is 2.57. The van der Waals surface area contributed by atoms with Crippen LogP contribution in [0.3, 0.4) is 0 Å². The van der Waals surface area contributed by atoms with E-state index in [1.165, 1.54) is 4.90 Å². The summed E-state index contributed by atoms with van der Waals surface area (Å²) in [5.74, 6) is -1.57. The number of hydrogen-bond acceptors (Lipinski definition) is 6. The zero-order valence-corrected chi connectivity index (χ0v) is 29.6. The highest BCUT2D eigenvalue weighted by Gasteiger charge is 2.37. The number of esters is 1. The standard InChI is InChI=1S/C38H55N3O6/c1-10-12-13-14-18-24-41(34(43)27(3)39-36(45)47-38(7,8)9)32(30-23-19-22-28(11-2)25-30)33(42)40-31(35(44)46-37(4,5)6)26-29-20-16-15-17-21-29/h11,15-17,19-23,25,27,31-32H,2,10,12-14,18,24,26H2,1,3-9H3,(H,39,45)(H,40,42). The summed E-state index contributed by atoms with van der Waals surface area (Å²) < 4.78 is 11.1. The molecule has 0 saturated carbocycles. The Labute approximate surface area is 281 Å². The highest BCUT2D eigenvalue weighted by molar-refractivity contribution is 5.94. The van der Waals surface area contributed by atoms with Crippen LogP contribution in [0.5, 0.6) is 0 Å². The van der Waals surface area contributed by atoms with E-state index in [4.69, 9.17) is 9.47 Å². The van der Waals surface area contributed by atoms with Gasteiger partial charge >= 0.3 is 12.1 Å². The molecule has 3 amide bonds. The van der Waals surface area contributed by atoms with E-state index in [0.29, 0.717) is 12.0 Å². The normalized spacial score (nSPS) is 13.4. The number of carbonyl (C=O) groups is 4. The van der Waals surface area contributed by atoms with Crippen molar-refractivity contribution >= 4 is 30.0 Å². The van der Waals surface area contributed by atoms with Crippen molar-refractivity contribution in [2.45, 2.75) is 123 Å². The van der Waals surface area contributed by atoms with Gasteiger partial charge in [-0.3, -0.25) is 9.59 Å². The number of ether oxygens (including phenoxy) is 2. The van der Waals surface area contributed by atoms with Crippen LogP contribution in [0.1, 0.15) is 110 Å². The minimum atomic E-state index is -1.11. The van der Waals surface area contributed by atoms with Crippen molar-refractivity contribution in [2.75, 3.05) is 6.54 Å². The fourth-order valence-corrected chi connectivity index (χ4v) is 5.04. The first kappa shape index (κ1) is 39.0. The Kier molecular flexibility index (Phi) is 15.2. The topological polar surface area (TPSA) is 114 Å². The van der Waals surface area contributed by atoms with E-state index < -0.39 is 53.2 Å². The second-order valence-corrected chi connectivity index (χ2v) is 13.9. The number of amides is 3. The van der Waals surface area contributed by atoms with Gasteiger partial charge in [0, 0.05) is 13.0 Å². The lowest BCUT2D eigenvalue weighted by Crippen LogP contribution is -2.54. The molecule has 2 aromatic rings. The van der Waals surface area contributed by atoms with E-state index in [1.807, 2.05) is 36.4 Å². The van der Waals surface area contributed by atoms with Crippen molar-refractivity contribution in [3.8, 4) is 0 Å². The van der Waals surface area contributed by atoms with Gasteiger partial charge in [-0.15, -0.1) is 0 Å². The highest BCUT2D eigenvalue weighted by Crippen LogP contribution is 2.26. The van der Waals surface area contributed by atoms with Crippen molar-refractivity contribution in [1.82, 2.24) is 15.5 Å². The fourth-order valence-electron chi connectivity index (χ4n) is 5.04. The molecule has 0 heterocycles. The lowest BCUT2D eigenvalue weighted by atomic mass is 9.98. The maximum absolute atomic E-state index is 14.5. The third kappa shape index (κ3) is 14.0. The molecule has 0 spiro atoms. The molecular formula is C38H55N3O6. The lowest BCUT2D eigenvalue weighted by Gasteiger charge is -2.35. The molecule has 3 unspecified atom stereocenters. The highest BCUT2D eigenvalue weighted by atomic mass is 16.6. The Morgan fingerprint density at radius 2 is 1.49 bits per heavy atom. The largest absolute Gasteiger partial charge is 0.458 e. The molecule has 9 nitrogen and oxygen atoms in total. The summed E-state index contributed by atoms with van der Waals surface area (Å²) in [5.41, 5.74) is 0.623. The first-order valence-corrected chi connectivity index (χ1v) is 16.6. The number of nitrogens with one attached hydrogen (secondary N) is 2. The third-order valence-electron chi connectivity index (χ3n) is 7.20. The molecule has 0 aromatic heterocycles. The van der Waals surface area contributed by atoms with Crippen molar-refractivity contribution < 1.29 is 28.7 Å². The summed E-state index contributed by atoms with van der Waals surface area (Å²) in [5, 5.41) is 5.57. The van der Waals surface area contributed by atoms with Crippen LogP contribution in [0.15, 0.2) is 61.2 Å². The van der Waals surface area contributed by atoms with E-state index in [-0.39, 0.29) is 13.0 Å². The third-order valence-corrected chi connectivity index (χ3v) is 7.20. The molecule has 0 aliphatic heterocycles. The smallest absolute Gasteiger partial charge is 0.408 e. The van der Waals surface area contributed by atoms with E-state index in [2.05, 4.69) is 24.1 Å². The lowest BCUT2D eigenvalue weighted by molar-refractivity contribution is -0.159. The number of alkyl carbamates (subject to hydrolysis) is 1. The van der Waals surface area contributed by atoms with Crippen LogP contribution in [-0.2, 0) is 30.3 Å². The maximum Gasteiger partial charge on any atom is 0.408 e. The van der Waals surface area contributed by atoms with E-state index >= 15 is 0 Å². The Bertz CT molecular complexity index is 1330. The van der Waals surface area contributed by atoms with Gasteiger partial charge in [0.25, 0.3) is 0 Å². The van der Waals surface area contributed by atoms with E-state index in [0.717, 1.165) is 36.8 Å². The molecule has 258 valence electrons. The SMILES string of the molecule is C=Cc1cccc(C(C(=O)NC(Cc2ccccc2)C(=O)OC(C)(C)C)N(CCCCCCC)C(=O)C(C)NC(=O)OC(C)(C)C)c1. The van der Waals surface area contributed by atoms with Gasteiger partial charge < -0.3 is 25.0 Å². The molecule has 2 aromatic carbocycles. The summed E-state index contributed by atoms with van der Waals surface area (Å²) in [6.45, 7) is 18.4. The van der Waals surface area contributed by atoms with E-state index in [1.54, 1.807) is 72.7 Å². The first-order chi connectivity index (χ1) is 22.0. The van der Waals surface area contributed by atoms with Crippen LogP contribution >= 0.6 is 0 Å². The van der Waals surface area contributed by atoms with Crippen LogP contribution in [0, 0.1) is 0 Å². The van der Waals surface area contributed by atoms with Gasteiger partial charge in [0.15, 0.2) is 0 Å². The molecule has 0 aliphatic carbocycles. The number of rotatable bonds is 16. The van der Waals surface area contributed by atoms with E-state index in [9.17, 15) is 19.2 Å². The first-order valence-electron chi connectivity index (χ1n) is 16.6. The zero-order valence-electron chi connectivity index (χ0n) is 29.6. The molecule has 0 aliphatic rings. The van der Waals surface area contributed by atoms with Crippen LogP contribution in [0.25, 0.3) is 6.08 Å². The molecule has 2 N–H and O–H groups in total. The monoisotopic (exact) mass is 649 g/mol. The number of unbranched alkanes of at least 4 members (excludes halogenated alkanes) is 4. The Morgan fingerprint density at radius 3 is 2.09 bits per heavy atom. The molecular weight excluding hydrogens is 594 g/mol. The van der Waals surface area contributed by atoms with Gasteiger partial charge in [-0.25, -0.2) is 9.59 Å². The molecule has 2 rings (SSSR count). The number of benzene rings is 2. The predicted octanol–water partition coefficient (Wildman–Crippen LogP) is 7.15. The van der Waals surface area contributed by atoms with Gasteiger partial charge in [0.2, 0.25) is 11.8 Å². The molecule has 0 fully saturated rings. The number of hydrogen-bond donors (Lipinski definition) is 2. The average molecular weight is 650 g/mol. The van der Waals surface area contributed by atoms with Crippen LogP contribution < -0.4 is 10.6 Å². The summed E-state index contributed by atoms with van der Waals surface area (Å²) >= 11 is 0. The van der Waals surface area contributed by atoms with Gasteiger partial charge in [-0.1, -0.05) is 93.8 Å². The predicted molar refractivity (Wildman–Crippen MR) is 186 cm³/mol. The van der Waals surface area contributed by atoms with Gasteiger partial charge in [-0.2, -0.15) is 0 Å². The second-order valence-electron chi connectivity index (χ2n) is 13.9. The van der Waals surface area contributed by atoms with Crippen molar-refractivity contribution in [2.24, 2.45) is 0 Å². The molecule has 9 heteroatoms. The summed E-state index contributed by atoms with van der Waals surface area (Å²) in [6.07, 6.45) is 5.76. The maximum atomic E-state index is 14.5. The molecule has 0 saturated heterocycles. The number of nitrogens with zero attached hydrogens (tertiary/aromatic N) is 1. The van der Waals surface area contributed by atoms with Crippen LogP contribution in [-0.4, -0.2) is 58.6 Å². The van der Waals surface area contributed by atoms with Crippen molar-refractivity contribution in [3.05, 3.63) is 77.9 Å². The molecule has 0 bridgehead atoms. The molecule has 0 radical (unpaired) electrons. The average Bonchev–Trinajstić information content (AvgIpc) is 2.98.